The summed E-state index contributed by atoms with van der Waals surface area (Å²) in [5.41, 5.74) is 5.14. The molecular formula is C13H16N2O2. The van der Waals surface area contributed by atoms with E-state index in [2.05, 4.69) is 39.9 Å². The molecule has 0 spiro atoms. The molecule has 1 aromatic carbocycles. The van der Waals surface area contributed by atoms with Gasteiger partial charge in [-0.25, -0.2) is 10.3 Å². The standard InChI is InChI=1S/C13H16N2O2/c1-17-15-13(16)14-12-10-7-6-8-4-2-3-5-9(8)11(10)12/h2-5,10-12H,6-7H2,1H3,(H2,14,15,16). The average molecular weight is 232 g/mol. The van der Waals surface area contributed by atoms with Crippen molar-refractivity contribution in [3.63, 3.8) is 0 Å². The zero-order valence-corrected chi connectivity index (χ0v) is 9.77. The predicted molar refractivity (Wildman–Crippen MR) is 63.5 cm³/mol. The van der Waals surface area contributed by atoms with Gasteiger partial charge in [-0.2, -0.15) is 0 Å². The number of carbonyl (C=O) groups is 1. The molecule has 17 heavy (non-hydrogen) atoms. The number of rotatable bonds is 2. The van der Waals surface area contributed by atoms with Gasteiger partial charge in [0.15, 0.2) is 0 Å². The summed E-state index contributed by atoms with van der Waals surface area (Å²) in [6.45, 7) is 0. The summed E-state index contributed by atoms with van der Waals surface area (Å²) < 4.78 is 0. The first-order valence-electron chi connectivity index (χ1n) is 5.98. The molecule has 2 amide bonds. The van der Waals surface area contributed by atoms with E-state index >= 15 is 0 Å². The number of urea groups is 1. The first kappa shape index (κ1) is 10.6. The molecule has 0 heterocycles. The average Bonchev–Trinajstić information content (AvgIpc) is 3.03. The number of hydroxylamine groups is 1. The van der Waals surface area contributed by atoms with Crippen molar-refractivity contribution >= 4 is 6.03 Å². The van der Waals surface area contributed by atoms with E-state index in [0.29, 0.717) is 11.8 Å². The van der Waals surface area contributed by atoms with E-state index in [1.54, 1.807) is 0 Å². The summed E-state index contributed by atoms with van der Waals surface area (Å²) in [7, 11) is 1.44. The van der Waals surface area contributed by atoms with Crippen LogP contribution in [0.25, 0.3) is 0 Å². The zero-order chi connectivity index (χ0) is 11.8. The summed E-state index contributed by atoms with van der Waals surface area (Å²) in [4.78, 5) is 16.0. The number of hydrogen-bond acceptors (Lipinski definition) is 2. The maximum atomic E-state index is 11.4. The molecule has 0 radical (unpaired) electrons. The Labute approximate surface area is 100 Å². The molecule has 2 aliphatic carbocycles. The fourth-order valence-electron chi connectivity index (χ4n) is 3.04. The van der Waals surface area contributed by atoms with Gasteiger partial charge >= 0.3 is 6.03 Å². The van der Waals surface area contributed by atoms with Crippen LogP contribution in [-0.2, 0) is 11.3 Å². The highest BCUT2D eigenvalue weighted by Gasteiger charge is 2.53. The Morgan fingerprint density at radius 3 is 3.06 bits per heavy atom. The first-order chi connectivity index (χ1) is 8.31. The minimum atomic E-state index is -0.246. The van der Waals surface area contributed by atoms with E-state index in [4.69, 9.17) is 0 Å². The van der Waals surface area contributed by atoms with Crippen molar-refractivity contribution in [1.82, 2.24) is 10.8 Å². The molecule has 1 fully saturated rings. The van der Waals surface area contributed by atoms with Gasteiger partial charge in [0.25, 0.3) is 0 Å². The molecule has 1 saturated carbocycles. The zero-order valence-electron chi connectivity index (χ0n) is 9.77. The fraction of sp³-hybridized carbons (Fsp3) is 0.462. The van der Waals surface area contributed by atoms with Crippen LogP contribution in [-0.4, -0.2) is 19.2 Å². The van der Waals surface area contributed by atoms with Crippen molar-refractivity contribution in [2.24, 2.45) is 5.92 Å². The number of amides is 2. The van der Waals surface area contributed by atoms with E-state index in [9.17, 15) is 4.79 Å². The van der Waals surface area contributed by atoms with Crippen molar-refractivity contribution in [3.8, 4) is 0 Å². The van der Waals surface area contributed by atoms with E-state index in [1.165, 1.54) is 24.7 Å². The molecule has 0 bridgehead atoms. The van der Waals surface area contributed by atoms with Crippen molar-refractivity contribution < 1.29 is 9.63 Å². The third kappa shape index (κ3) is 1.78. The molecule has 1 aromatic rings. The summed E-state index contributed by atoms with van der Waals surface area (Å²) in [5.74, 6) is 1.11. The topological polar surface area (TPSA) is 50.4 Å². The summed E-state index contributed by atoms with van der Waals surface area (Å²) in [6, 6.07) is 8.56. The lowest BCUT2D eigenvalue weighted by atomic mass is 9.92. The summed E-state index contributed by atoms with van der Waals surface area (Å²) in [5, 5.41) is 2.96. The van der Waals surface area contributed by atoms with Crippen LogP contribution in [0, 0.1) is 5.92 Å². The summed E-state index contributed by atoms with van der Waals surface area (Å²) >= 11 is 0. The summed E-state index contributed by atoms with van der Waals surface area (Å²) in [6.07, 6.45) is 2.29. The molecule has 3 atom stereocenters. The van der Waals surface area contributed by atoms with Gasteiger partial charge < -0.3 is 5.32 Å². The molecule has 4 heteroatoms. The van der Waals surface area contributed by atoms with Crippen LogP contribution in [0.5, 0.6) is 0 Å². The van der Waals surface area contributed by atoms with Gasteiger partial charge in [-0.05, 0) is 29.9 Å². The van der Waals surface area contributed by atoms with Gasteiger partial charge in [0.1, 0.15) is 0 Å². The number of hydrogen-bond donors (Lipinski definition) is 2. The fourth-order valence-corrected chi connectivity index (χ4v) is 3.04. The second kappa shape index (κ2) is 4.04. The van der Waals surface area contributed by atoms with Crippen molar-refractivity contribution in [3.05, 3.63) is 35.4 Å². The number of carbonyl (C=O) groups excluding carboxylic acids is 1. The largest absolute Gasteiger partial charge is 0.338 e. The number of nitrogens with one attached hydrogen (secondary N) is 2. The lowest BCUT2D eigenvalue weighted by molar-refractivity contribution is 0.107. The maximum absolute atomic E-state index is 11.4. The molecule has 4 nitrogen and oxygen atoms in total. The Bertz CT molecular complexity index is 447. The monoisotopic (exact) mass is 232 g/mol. The van der Waals surface area contributed by atoms with Gasteiger partial charge in [0, 0.05) is 12.0 Å². The lowest BCUT2D eigenvalue weighted by Crippen LogP contribution is -2.37. The van der Waals surface area contributed by atoms with Crippen LogP contribution in [0.4, 0.5) is 4.79 Å². The Hall–Kier alpha value is -1.55. The molecule has 3 rings (SSSR count). The number of fused-ring (bicyclic) bond motifs is 3. The van der Waals surface area contributed by atoms with E-state index in [0.717, 1.165) is 6.42 Å². The van der Waals surface area contributed by atoms with E-state index in [1.807, 2.05) is 0 Å². The van der Waals surface area contributed by atoms with Crippen molar-refractivity contribution in [2.75, 3.05) is 7.11 Å². The molecule has 0 saturated heterocycles. The second-order valence-electron chi connectivity index (χ2n) is 4.73. The van der Waals surface area contributed by atoms with Gasteiger partial charge in [0.2, 0.25) is 0 Å². The van der Waals surface area contributed by atoms with Gasteiger partial charge in [-0.1, -0.05) is 24.3 Å². The minimum Gasteiger partial charge on any atom is -0.333 e. The lowest BCUT2D eigenvalue weighted by Gasteiger charge is -2.13. The van der Waals surface area contributed by atoms with Crippen LogP contribution in [0.15, 0.2) is 24.3 Å². The van der Waals surface area contributed by atoms with Crippen molar-refractivity contribution in [1.29, 1.82) is 0 Å². The van der Waals surface area contributed by atoms with Gasteiger partial charge in [0.05, 0.1) is 7.11 Å². The molecule has 3 unspecified atom stereocenters. The molecule has 90 valence electrons. The highest BCUT2D eigenvalue weighted by Crippen LogP contribution is 2.54. The Morgan fingerprint density at radius 1 is 1.41 bits per heavy atom. The third-order valence-corrected chi connectivity index (χ3v) is 3.82. The Morgan fingerprint density at radius 2 is 2.24 bits per heavy atom. The predicted octanol–water partition coefficient (Wildman–Crippen LogP) is 1.58. The Balaban J connectivity index is 1.72. The van der Waals surface area contributed by atoms with Crippen molar-refractivity contribution in [2.45, 2.75) is 24.8 Å². The van der Waals surface area contributed by atoms with Crippen LogP contribution < -0.4 is 10.8 Å². The normalized spacial score (nSPS) is 28.9. The Kier molecular flexibility index (Phi) is 2.52. The van der Waals surface area contributed by atoms with Crippen LogP contribution in [0.2, 0.25) is 0 Å². The van der Waals surface area contributed by atoms with E-state index in [-0.39, 0.29) is 12.1 Å². The molecular weight excluding hydrogens is 216 g/mol. The molecule has 0 aliphatic heterocycles. The molecule has 0 aromatic heterocycles. The highest BCUT2D eigenvalue weighted by molar-refractivity contribution is 5.74. The smallest absolute Gasteiger partial charge is 0.333 e. The minimum absolute atomic E-state index is 0.246. The maximum Gasteiger partial charge on any atom is 0.338 e. The SMILES string of the molecule is CONC(=O)NC1C2CCc3ccccc3C21. The van der Waals surface area contributed by atoms with Crippen LogP contribution in [0.1, 0.15) is 23.5 Å². The highest BCUT2D eigenvalue weighted by atomic mass is 16.6. The van der Waals surface area contributed by atoms with E-state index < -0.39 is 0 Å². The number of aryl methyl sites for hydroxylation is 1. The third-order valence-electron chi connectivity index (χ3n) is 3.82. The van der Waals surface area contributed by atoms with Gasteiger partial charge in [-0.15, -0.1) is 0 Å². The molecule has 2 aliphatic rings. The second-order valence-corrected chi connectivity index (χ2v) is 4.73. The quantitative estimate of drug-likeness (QED) is 0.760. The van der Waals surface area contributed by atoms with Crippen LogP contribution >= 0.6 is 0 Å². The molecule has 2 N–H and O–H groups in total. The first-order valence-corrected chi connectivity index (χ1v) is 5.98. The van der Waals surface area contributed by atoms with Crippen LogP contribution in [0.3, 0.4) is 0 Å². The van der Waals surface area contributed by atoms with Gasteiger partial charge in [-0.3, -0.25) is 4.84 Å². The number of benzene rings is 1.